The predicted molar refractivity (Wildman–Crippen MR) is 104 cm³/mol. The molecule has 26 heavy (non-hydrogen) atoms. The van der Waals surface area contributed by atoms with Gasteiger partial charge in [0, 0.05) is 10.6 Å². The minimum Gasteiger partial charge on any atom is -0.494 e. The van der Waals surface area contributed by atoms with Crippen molar-refractivity contribution in [3.63, 3.8) is 0 Å². The Morgan fingerprint density at radius 2 is 2.12 bits per heavy atom. The summed E-state index contributed by atoms with van der Waals surface area (Å²) in [4.78, 5) is 14.9. The highest BCUT2D eigenvalue weighted by Gasteiger charge is 2.28. The summed E-state index contributed by atoms with van der Waals surface area (Å²) in [5.74, 6) is 1.57. The second-order valence-electron chi connectivity index (χ2n) is 6.38. The number of ether oxygens (including phenoxy) is 1. The van der Waals surface area contributed by atoms with E-state index in [9.17, 15) is 9.90 Å². The first-order valence-corrected chi connectivity index (χ1v) is 10.7. The fraction of sp³-hybridized carbons (Fsp3) is 0.474. The van der Waals surface area contributed by atoms with Crippen LogP contribution in [0.25, 0.3) is 0 Å². The molecular formula is C19H23NO4S2. The molecule has 3 atom stereocenters. The van der Waals surface area contributed by atoms with E-state index in [0.717, 1.165) is 30.8 Å². The van der Waals surface area contributed by atoms with E-state index in [-0.39, 0.29) is 5.69 Å². The Morgan fingerprint density at radius 1 is 1.31 bits per heavy atom. The van der Waals surface area contributed by atoms with E-state index < -0.39 is 12.1 Å². The van der Waals surface area contributed by atoms with Crippen LogP contribution in [0.3, 0.4) is 0 Å². The molecule has 1 aromatic carbocycles. The predicted octanol–water partition coefficient (Wildman–Crippen LogP) is 4.25. The minimum atomic E-state index is -1.05. The third-order valence-electron chi connectivity index (χ3n) is 4.60. The third kappa shape index (κ3) is 5.22. The van der Waals surface area contributed by atoms with E-state index in [1.54, 1.807) is 0 Å². The van der Waals surface area contributed by atoms with Crippen LogP contribution >= 0.6 is 23.1 Å². The van der Waals surface area contributed by atoms with Crippen molar-refractivity contribution in [2.45, 2.75) is 37.0 Å². The van der Waals surface area contributed by atoms with Gasteiger partial charge < -0.3 is 14.9 Å². The molecule has 0 amide bonds. The first-order valence-electron chi connectivity index (χ1n) is 8.79. The molecule has 7 heteroatoms. The highest BCUT2D eigenvalue weighted by Crippen LogP contribution is 2.38. The van der Waals surface area contributed by atoms with Gasteiger partial charge in [0.25, 0.3) is 0 Å². The molecule has 1 aliphatic heterocycles. The lowest BCUT2D eigenvalue weighted by Crippen LogP contribution is -2.16. The van der Waals surface area contributed by atoms with Gasteiger partial charge in [0.2, 0.25) is 0 Å². The number of nitrogens with zero attached hydrogens (tertiary/aromatic N) is 1. The van der Waals surface area contributed by atoms with Crippen LogP contribution < -0.4 is 4.74 Å². The van der Waals surface area contributed by atoms with Gasteiger partial charge in [-0.25, -0.2) is 9.78 Å². The van der Waals surface area contributed by atoms with Crippen molar-refractivity contribution in [3.8, 4) is 5.75 Å². The molecule has 5 nitrogen and oxygen atoms in total. The fourth-order valence-corrected chi connectivity index (χ4v) is 5.55. The van der Waals surface area contributed by atoms with Crippen molar-refractivity contribution in [3.05, 3.63) is 46.4 Å². The summed E-state index contributed by atoms with van der Waals surface area (Å²) in [6.07, 6.45) is 3.02. The summed E-state index contributed by atoms with van der Waals surface area (Å²) in [6, 6.07) is 9.85. The Balaban J connectivity index is 1.43. The number of benzene rings is 1. The molecule has 0 radical (unpaired) electrons. The molecule has 3 rings (SSSR count). The van der Waals surface area contributed by atoms with Crippen LogP contribution in [-0.4, -0.2) is 38.8 Å². The van der Waals surface area contributed by atoms with Crippen LogP contribution in [0.2, 0.25) is 0 Å². The van der Waals surface area contributed by atoms with Crippen LogP contribution in [0.1, 0.15) is 47.3 Å². The Bertz CT molecular complexity index is 707. The van der Waals surface area contributed by atoms with E-state index in [0.29, 0.717) is 29.2 Å². The van der Waals surface area contributed by atoms with Crippen molar-refractivity contribution in [2.75, 3.05) is 12.4 Å². The Hall–Kier alpha value is -1.57. The molecule has 1 saturated heterocycles. The normalized spacial score (nSPS) is 20.8. The minimum absolute atomic E-state index is 0.0106. The summed E-state index contributed by atoms with van der Waals surface area (Å²) in [5, 5.41) is 21.8. The second-order valence-corrected chi connectivity index (χ2v) is 8.61. The van der Waals surface area contributed by atoms with Gasteiger partial charge in [0.1, 0.15) is 16.9 Å². The highest BCUT2D eigenvalue weighted by atomic mass is 32.2. The number of rotatable bonds is 9. The third-order valence-corrected chi connectivity index (χ3v) is 7.06. The van der Waals surface area contributed by atoms with Gasteiger partial charge >= 0.3 is 5.97 Å². The quantitative estimate of drug-likeness (QED) is 0.663. The molecule has 140 valence electrons. The molecule has 2 heterocycles. The van der Waals surface area contributed by atoms with Gasteiger partial charge in [-0.3, -0.25) is 0 Å². The zero-order chi connectivity index (χ0) is 18.4. The topological polar surface area (TPSA) is 79.7 Å². The van der Waals surface area contributed by atoms with E-state index in [1.807, 2.05) is 42.1 Å². The van der Waals surface area contributed by atoms with E-state index in [4.69, 9.17) is 9.84 Å². The van der Waals surface area contributed by atoms with E-state index in [1.165, 1.54) is 16.7 Å². The monoisotopic (exact) mass is 393 g/mol. The zero-order valence-electron chi connectivity index (χ0n) is 14.4. The number of carboxylic acids is 1. The first-order chi connectivity index (χ1) is 12.6. The zero-order valence-corrected chi connectivity index (χ0v) is 16.0. The number of carboxylic acid groups (broad SMARTS) is 1. The molecule has 0 bridgehead atoms. The molecule has 1 fully saturated rings. The number of aliphatic hydroxyl groups excluding tert-OH is 1. The van der Waals surface area contributed by atoms with Crippen molar-refractivity contribution >= 4 is 29.1 Å². The number of hydrogen-bond donors (Lipinski definition) is 2. The van der Waals surface area contributed by atoms with Gasteiger partial charge in [-0.05, 0) is 49.5 Å². The van der Waals surface area contributed by atoms with E-state index >= 15 is 0 Å². The highest BCUT2D eigenvalue weighted by molar-refractivity contribution is 8.00. The second kappa shape index (κ2) is 9.39. The average Bonchev–Trinajstić information content (AvgIpc) is 3.30. The standard InChI is InChI=1S/C19H23NO4S2/c21-16(18-20-15(12-26-18)19(22)23)7-6-13-9-11-25-17(13)8-10-24-14-4-2-1-3-5-14/h1-5,12-13,16-17,21H,6-11H2,(H,22,23)/t13-,16?,17?/m0/s1. The lowest BCUT2D eigenvalue weighted by Gasteiger charge is -2.20. The molecule has 0 saturated carbocycles. The molecule has 0 spiro atoms. The number of carbonyl (C=O) groups is 1. The van der Waals surface area contributed by atoms with Crippen molar-refractivity contribution in [2.24, 2.45) is 5.92 Å². The van der Waals surface area contributed by atoms with Gasteiger partial charge in [-0.1, -0.05) is 18.2 Å². The van der Waals surface area contributed by atoms with Gasteiger partial charge in [-0.15, -0.1) is 11.3 Å². The Kier molecular flexibility index (Phi) is 6.93. The number of aromatic carboxylic acids is 1. The number of thiazole rings is 1. The first kappa shape index (κ1) is 19.2. The maximum absolute atomic E-state index is 10.9. The molecule has 1 aliphatic rings. The molecule has 2 aromatic rings. The number of thioether (sulfide) groups is 1. The van der Waals surface area contributed by atoms with Crippen LogP contribution in [0, 0.1) is 5.92 Å². The average molecular weight is 394 g/mol. The summed E-state index contributed by atoms with van der Waals surface area (Å²) in [5.41, 5.74) is 0.0106. The Labute approximate surface area is 161 Å². The van der Waals surface area contributed by atoms with Crippen LogP contribution in [0.5, 0.6) is 5.75 Å². The van der Waals surface area contributed by atoms with Crippen molar-refractivity contribution in [1.29, 1.82) is 0 Å². The van der Waals surface area contributed by atoms with Crippen molar-refractivity contribution in [1.82, 2.24) is 4.98 Å². The van der Waals surface area contributed by atoms with Crippen LogP contribution in [-0.2, 0) is 0 Å². The fourth-order valence-electron chi connectivity index (χ4n) is 3.19. The van der Waals surface area contributed by atoms with Gasteiger partial charge in [0.05, 0.1) is 6.61 Å². The van der Waals surface area contributed by atoms with Crippen LogP contribution in [0.15, 0.2) is 35.7 Å². The van der Waals surface area contributed by atoms with E-state index in [2.05, 4.69) is 4.98 Å². The maximum atomic E-state index is 10.9. The summed E-state index contributed by atoms with van der Waals surface area (Å²) < 4.78 is 5.81. The van der Waals surface area contributed by atoms with Gasteiger partial charge in [0.15, 0.2) is 5.69 Å². The summed E-state index contributed by atoms with van der Waals surface area (Å²) in [6.45, 7) is 0.704. The smallest absolute Gasteiger partial charge is 0.355 e. The summed E-state index contributed by atoms with van der Waals surface area (Å²) >= 11 is 3.20. The lowest BCUT2D eigenvalue weighted by molar-refractivity contribution is 0.0690. The SMILES string of the molecule is O=C(O)c1csc(C(O)CC[C@H]2CCSC2CCOc2ccccc2)n1. The van der Waals surface area contributed by atoms with Gasteiger partial charge in [-0.2, -0.15) is 11.8 Å². The number of para-hydroxylation sites is 1. The maximum Gasteiger partial charge on any atom is 0.355 e. The lowest BCUT2D eigenvalue weighted by atomic mass is 9.93. The summed E-state index contributed by atoms with van der Waals surface area (Å²) in [7, 11) is 0. The number of hydrogen-bond acceptors (Lipinski definition) is 6. The molecule has 2 unspecified atom stereocenters. The van der Waals surface area contributed by atoms with Crippen LogP contribution in [0.4, 0.5) is 0 Å². The molecular weight excluding hydrogens is 370 g/mol. The largest absolute Gasteiger partial charge is 0.494 e. The molecule has 1 aromatic heterocycles. The Morgan fingerprint density at radius 3 is 2.85 bits per heavy atom. The number of aromatic nitrogens is 1. The van der Waals surface area contributed by atoms with Crippen molar-refractivity contribution < 1.29 is 19.7 Å². The number of aliphatic hydroxyl groups is 1. The molecule has 0 aliphatic carbocycles. The molecule has 2 N–H and O–H groups in total.